The maximum atomic E-state index is 10.2. The lowest BCUT2D eigenvalue weighted by molar-refractivity contribution is 0.169. The van der Waals surface area contributed by atoms with Crippen molar-refractivity contribution in [3.8, 4) is 11.5 Å². The largest absolute Gasteiger partial charge is 0.392 e. The van der Waals surface area contributed by atoms with Crippen molar-refractivity contribution in [2.24, 2.45) is 0 Å². The molecule has 1 aliphatic heterocycles. The lowest BCUT2D eigenvalue weighted by Gasteiger charge is -2.21. The molecule has 1 aromatic carbocycles. The molecule has 1 N–H and O–H groups in total. The molecule has 3 heterocycles. The molecular weight excluding hydrogens is 344 g/mol. The standard InChI is InChI=1S/C19H22N6O2/c1-24(2)14-5-3-13(4-6-14)11-25-12-15(26)9-17(25)19-22-18(23-27-19)16-10-20-7-8-21-16/h3-8,10,15,17,26H,9,11-12H2,1-2H3. The Morgan fingerprint density at radius 3 is 2.74 bits per heavy atom. The molecule has 0 bridgehead atoms. The first-order chi connectivity index (χ1) is 13.1. The van der Waals surface area contributed by atoms with Gasteiger partial charge < -0.3 is 14.5 Å². The van der Waals surface area contributed by atoms with E-state index in [0.717, 1.165) is 5.69 Å². The number of hydrogen-bond acceptors (Lipinski definition) is 8. The van der Waals surface area contributed by atoms with Gasteiger partial charge in [-0.05, 0) is 24.1 Å². The topological polar surface area (TPSA) is 91.4 Å². The van der Waals surface area contributed by atoms with Crippen molar-refractivity contribution in [2.45, 2.75) is 25.1 Å². The van der Waals surface area contributed by atoms with Gasteiger partial charge in [-0.1, -0.05) is 17.3 Å². The molecule has 1 saturated heterocycles. The fourth-order valence-corrected chi connectivity index (χ4v) is 3.33. The monoisotopic (exact) mass is 366 g/mol. The van der Waals surface area contributed by atoms with E-state index in [1.54, 1.807) is 18.6 Å². The summed E-state index contributed by atoms with van der Waals surface area (Å²) in [5.74, 6) is 0.909. The Balaban J connectivity index is 1.52. The molecule has 1 fully saturated rings. The quantitative estimate of drug-likeness (QED) is 0.732. The van der Waals surface area contributed by atoms with E-state index in [0.29, 0.717) is 36.9 Å². The summed E-state index contributed by atoms with van der Waals surface area (Å²) in [6.45, 7) is 1.28. The van der Waals surface area contributed by atoms with Gasteiger partial charge in [-0.15, -0.1) is 0 Å². The summed E-state index contributed by atoms with van der Waals surface area (Å²) >= 11 is 0. The molecule has 2 atom stereocenters. The van der Waals surface area contributed by atoms with Crippen LogP contribution in [0.3, 0.4) is 0 Å². The van der Waals surface area contributed by atoms with Crippen molar-refractivity contribution >= 4 is 5.69 Å². The molecule has 0 radical (unpaired) electrons. The van der Waals surface area contributed by atoms with Gasteiger partial charge in [0.1, 0.15) is 5.69 Å². The smallest absolute Gasteiger partial charge is 0.244 e. The number of aliphatic hydroxyl groups excluding tert-OH is 1. The SMILES string of the molecule is CN(C)c1ccc(CN2CC(O)CC2c2nc(-c3cnccn3)no2)cc1. The summed E-state index contributed by atoms with van der Waals surface area (Å²) in [6, 6.07) is 8.28. The van der Waals surface area contributed by atoms with Gasteiger partial charge in [0.25, 0.3) is 0 Å². The predicted octanol–water partition coefficient (Wildman–Crippen LogP) is 1.90. The molecule has 3 aromatic rings. The Bertz CT molecular complexity index is 881. The van der Waals surface area contributed by atoms with Gasteiger partial charge in [0.2, 0.25) is 11.7 Å². The van der Waals surface area contributed by atoms with Gasteiger partial charge in [0, 0.05) is 45.3 Å². The minimum Gasteiger partial charge on any atom is -0.392 e. The van der Waals surface area contributed by atoms with Crippen molar-refractivity contribution in [1.82, 2.24) is 25.0 Å². The van der Waals surface area contributed by atoms with Crippen LogP contribution in [0.1, 0.15) is 23.9 Å². The van der Waals surface area contributed by atoms with Crippen molar-refractivity contribution in [3.05, 3.63) is 54.3 Å². The van der Waals surface area contributed by atoms with E-state index >= 15 is 0 Å². The highest BCUT2D eigenvalue weighted by atomic mass is 16.5. The van der Waals surface area contributed by atoms with E-state index in [2.05, 4.69) is 54.2 Å². The zero-order valence-corrected chi connectivity index (χ0v) is 15.4. The van der Waals surface area contributed by atoms with Crippen LogP contribution in [-0.4, -0.2) is 56.9 Å². The lowest BCUT2D eigenvalue weighted by Crippen LogP contribution is -2.24. The maximum absolute atomic E-state index is 10.2. The van der Waals surface area contributed by atoms with Crippen LogP contribution in [0.4, 0.5) is 5.69 Å². The highest BCUT2D eigenvalue weighted by molar-refractivity contribution is 5.46. The van der Waals surface area contributed by atoms with E-state index in [-0.39, 0.29) is 6.04 Å². The molecule has 0 saturated carbocycles. The molecule has 2 aromatic heterocycles. The first-order valence-corrected chi connectivity index (χ1v) is 8.88. The van der Waals surface area contributed by atoms with Gasteiger partial charge >= 0.3 is 0 Å². The Morgan fingerprint density at radius 1 is 1.22 bits per heavy atom. The normalized spacial score (nSPS) is 20.1. The summed E-state index contributed by atoms with van der Waals surface area (Å²) in [4.78, 5) is 17.0. The van der Waals surface area contributed by atoms with Crippen molar-refractivity contribution in [3.63, 3.8) is 0 Å². The van der Waals surface area contributed by atoms with Gasteiger partial charge in [0.15, 0.2) is 0 Å². The van der Waals surface area contributed by atoms with Gasteiger partial charge in [-0.25, -0.2) is 4.98 Å². The fourth-order valence-electron chi connectivity index (χ4n) is 3.33. The van der Waals surface area contributed by atoms with Crippen LogP contribution < -0.4 is 4.90 Å². The van der Waals surface area contributed by atoms with Crippen molar-refractivity contribution in [1.29, 1.82) is 0 Å². The number of aromatic nitrogens is 4. The van der Waals surface area contributed by atoms with Crippen LogP contribution in [0, 0.1) is 0 Å². The van der Waals surface area contributed by atoms with Gasteiger partial charge in [-0.2, -0.15) is 4.98 Å². The first kappa shape index (κ1) is 17.6. The Labute approximate surface area is 157 Å². The number of aliphatic hydroxyl groups is 1. The molecule has 27 heavy (non-hydrogen) atoms. The molecule has 0 spiro atoms. The summed E-state index contributed by atoms with van der Waals surface area (Å²) in [6.07, 6.45) is 4.94. The van der Waals surface area contributed by atoms with Crippen LogP contribution in [0.5, 0.6) is 0 Å². The van der Waals surface area contributed by atoms with Crippen LogP contribution in [0.25, 0.3) is 11.5 Å². The van der Waals surface area contributed by atoms with Crippen molar-refractivity contribution < 1.29 is 9.63 Å². The van der Waals surface area contributed by atoms with E-state index in [4.69, 9.17) is 4.52 Å². The summed E-state index contributed by atoms with van der Waals surface area (Å²) in [7, 11) is 4.04. The predicted molar refractivity (Wildman–Crippen MR) is 99.9 cm³/mol. The van der Waals surface area contributed by atoms with Gasteiger partial charge in [0.05, 0.1) is 18.3 Å². The molecule has 140 valence electrons. The molecule has 2 unspecified atom stereocenters. The summed E-state index contributed by atoms with van der Waals surface area (Å²) in [5, 5.41) is 14.2. The number of likely N-dealkylation sites (tertiary alicyclic amines) is 1. The average Bonchev–Trinajstić information content (AvgIpc) is 3.29. The maximum Gasteiger partial charge on any atom is 0.244 e. The number of anilines is 1. The Kier molecular flexibility index (Phi) is 4.83. The number of nitrogens with zero attached hydrogens (tertiary/aromatic N) is 6. The minimum atomic E-state index is -0.414. The van der Waals surface area contributed by atoms with Gasteiger partial charge in [-0.3, -0.25) is 9.88 Å². The minimum absolute atomic E-state index is 0.119. The second-order valence-corrected chi connectivity index (χ2v) is 6.94. The highest BCUT2D eigenvalue weighted by Crippen LogP contribution is 2.33. The van der Waals surface area contributed by atoms with Crippen LogP contribution >= 0.6 is 0 Å². The zero-order chi connectivity index (χ0) is 18.8. The van der Waals surface area contributed by atoms with E-state index < -0.39 is 6.10 Å². The molecule has 8 heteroatoms. The molecule has 8 nitrogen and oxygen atoms in total. The number of β-amino-alcohol motifs (C(OH)–C–C–N with tert-alkyl or cyclic N) is 1. The van der Waals surface area contributed by atoms with E-state index in [1.165, 1.54) is 5.56 Å². The fraction of sp³-hybridized carbons (Fsp3) is 0.368. The van der Waals surface area contributed by atoms with E-state index in [9.17, 15) is 5.11 Å². The third-order valence-corrected chi connectivity index (χ3v) is 4.74. The van der Waals surface area contributed by atoms with Crippen molar-refractivity contribution in [2.75, 3.05) is 25.5 Å². The average molecular weight is 366 g/mol. The third kappa shape index (κ3) is 3.81. The second kappa shape index (κ2) is 7.42. The number of hydrogen-bond donors (Lipinski definition) is 1. The zero-order valence-electron chi connectivity index (χ0n) is 15.4. The molecule has 0 amide bonds. The Hall–Kier alpha value is -2.84. The molecule has 1 aliphatic rings. The first-order valence-electron chi connectivity index (χ1n) is 8.88. The number of benzene rings is 1. The molecular formula is C19H22N6O2. The third-order valence-electron chi connectivity index (χ3n) is 4.74. The van der Waals surface area contributed by atoms with Crippen LogP contribution in [0.2, 0.25) is 0 Å². The highest BCUT2D eigenvalue weighted by Gasteiger charge is 2.36. The summed E-state index contributed by atoms with van der Waals surface area (Å²) < 4.78 is 5.48. The van der Waals surface area contributed by atoms with Crippen LogP contribution in [0.15, 0.2) is 47.4 Å². The Morgan fingerprint density at radius 2 is 2.04 bits per heavy atom. The number of rotatable bonds is 5. The second-order valence-electron chi connectivity index (χ2n) is 6.94. The van der Waals surface area contributed by atoms with Crippen LogP contribution in [-0.2, 0) is 6.54 Å². The summed E-state index contributed by atoms with van der Waals surface area (Å²) in [5.41, 5.74) is 2.90. The molecule has 0 aliphatic carbocycles. The van der Waals surface area contributed by atoms with E-state index in [1.807, 2.05) is 14.1 Å². The lowest BCUT2D eigenvalue weighted by atomic mass is 10.1. The molecule has 4 rings (SSSR count).